The fourth-order valence-electron chi connectivity index (χ4n) is 3.22. The van der Waals surface area contributed by atoms with E-state index in [0.29, 0.717) is 0 Å². The van der Waals surface area contributed by atoms with Gasteiger partial charge < -0.3 is 15.2 Å². The lowest BCUT2D eigenvalue weighted by molar-refractivity contribution is -0.0151. The number of para-hydroxylation sites is 1. The Morgan fingerprint density at radius 2 is 1.79 bits per heavy atom. The van der Waals surface area contributed by atoms with E-state index in [2.05, 4.69) is 5.32 Å². The second-order valence-corrected chi connectivity index (χ2v) is 6.76. The molecule has 2 N–H and O–H groups in total. The van der Waals surface area contributed by atoms with Gasteiger partial charge in [0.25, 0.3) is 0 Å². The lowest BCUT2D eigenvalue weighted by Crippen LogP contribution is -2.51. The lowest BCUT2D eigenvalue weighted by Gasteiger charge is -2.35. The molecule has 4 heteroatoms. The van der Waals surface area contributed by atoms with Crippen LogP contribution in [-0.4, -0.2) is 29.9 Å². The molecular weight excluding hydrogens is 322 g/mol. The summed E-state index contributed by atoms with van der Waals surface area (Å²) >= 11 is 5.91. The monoisotopic (exact) mass is 345 g/mol. The minimum atomic E-state index is -0.482. The average Bonchev–Trinajstić information content (AvgIpc) is 2.61. The zero-order valence-corrected chi connectivity index (χ0v) is 14.5. The third-order valence-electron chi connectivity index (χ3n) is 4.56. The molecule has 0 bridgehead atoms. The molecule has 0 heterocycles. The smallest absolute Gasteiger partial charge is 0.126 e. The summed E-state index contributed by atoms with van der Waals surface area (Å²) in [5.41, 5.74) is 1.24. The van der Waals surface area contributed by atoms with Gasteiger partial charge in [0.2, 0.25) is 0 Å². The second-order valence-electron chi connectivity index (χ2n) is 6.33. The Bertz CT molecular complexity index is 617. The average molecular weight is 346 g/mol. The number of hydrogen-bond acceptors (Lipinski definition) is 3. The van der Waals surface area contributed by atoms with Gasteiger partial charge in [-0.25, -0.2) is 0 Å². The first kappa shape index (κ1) is 17.3. The molecule has 0 unspecified atom stereocenters. The molecule has 1 saturated carbocycles. The summed E-state index contributed by atoms with van der Waals surface area (Å²) in [4.78, 5) is 0. The molecule has 0 spiro atoms. The van der Waals surface area contributed by atoms with Gasteiger partial charge in [0.15, 0.2) is 0 Å². The minimum Gasteiger partial charge on any atom is -0.488 e. The maximum absolute atomic E-state index is 10.6. The summed E-state index contributed by atoms with van der Waals surface area (Å²) in [6, 6.07) is 17.7. The highest BCUT2D eigenvalue weighted by Gasteiger charge is 2.32. The molecule has 3 rings (SSSR count). The van der Waals surface area contributed by atoms with Crippen LogP contribution < -0.4 is 10.1 Å². The fourth-order valence-corrected chi connectivity index (χ4v) is 3.34. The SMILES string of the molecule is O[C@@H]1[C@@H](NCCc2ccc(Cl)cc2)CCC[C@H]1Oc1ccccc1. The van der Waals surface area contributed by atoms with Gasteiger partial charge in [-0.2, -0.15) is 0 Å². The van der Waals surface area contributed by atoms with Gasteiger partial charge in [-0.1, -0.05) is 41.9 Å². The van der Waals surface area contributed by atoms with Crippen molar-refractivity contribution in [1.82, 2.24) is 5.32 Å². The van der Waals surface area contributed by atoms with Crippen molar-refractivity contribution < 1.29 is 9.84 Å². The molecule has 0 radical (unpaired) electrons. The Labute approximate surface area is 148 Å². The minimum absolute atomic E-state index is 0.0831. The number of nitrogens with one attached hydrogen (secondary N) is 1. The molecule has 2 aromatic carbocycles. The number of aliphatic hydroxyl groups excluding tert-OH is 1. The van der Waals surface area contributed by atoms with E-state index in [1.54, 1.807) is 0 Å². The van der Waals surface area contributed by atoms with Crippen LogP contribution in [0.2, 0.25) is 5.02 Å². The van der Waals surface area contributed by atoms with E-state index >= 15 is 0 Å². The van der Waals surface area contributed by atoms with E-state index in [9.17, 15) is 5.11 Å². The van der Waals surface area contributed by atoms with E-state index in [1.165, 1.54) is 5.56 Å². The Balaban J connectivity index is 1.49. The molecular formula is C20H24ClNO2. The van der Waals surface area contributed by atoms with E-state index in [1.807, 2.05) is 54.6 Å². The predicted octanol–water partition coefficient (Wildman–Crippen LogP) is 3.83. The highest BCUT2D eigenvalue weighted by molar-refractivity contribution is 6.30. The first-order chi connectivity index (χ1) is 11.7. The maximum Gasteiger partial charge on any atom is 0.126 e. The van der Waals surface area contributed by atoms with Crippen molar-refractivity contribution >= 4 is 11.6 Å². The van der Waals surface area contributed by atoms with Crippen LogP contribution in [0.4, 0.5) is 0 Å². The van der Waals surface area contributed by atoms with E-state index in [4.69, 9.17) is 16.3 Å². The molecule has 0 saturated heterocycles. The topological polar surface area (TPSA) is 41.5 Å². The Hall–Kier alpha value is -1.55. The van der Waals surface area contributed by atoms with Crippen molar-refractivity contribution in [2.75, 3.05) is 6.54 Å². The molecule has 1 fully saturated rings. The summed E-state index contributed by atoms with van der Waals surface area (Å²) in [5.74, 6) is 0.823. The van der Waals surface area contributed by atoms with Crippen LogP contribution in [0.1, 0.15) is 24.8 Å². The van der Waals surface area contributed by atoms with Crippen LogP contribution in [0.15, 0.2) is 54.6 Å². The van der Waals surface area contributed by atoms with Crippen molar-refractivity contribution in [3.63, 3.8) is 0 Å². The largest absolute Gasteiger partial charge is 0.488 e. The van der Waals surface area contributed by atoms with Gasteiger partial charge in [-0.3, -0.25) is 0 Å². The first-order valence-corrected chi connectivity index (χ1v) is 8.98. The van der Waals surface area contributed by atoms with Gasteiger partial charge in [-0.05, 0) is 62.1 Å². The number of hydrogen-bond donors (Lipinski definition) is 2. The van der Waals surface area contributed by atoms with Crippen molar-refractivity contribution in [3.05, 3.63) is 65.2 Å². The molecule has 128 valence electrons. The summed E-state index contributed by atoms with van der Waals surface area (Å²) < 4.78 is 5.97. The highest BCUT2D eigenvalue weighted by atomic mass is 35.5. The van der Waals surface area contributed by atoms with Gasteiger partial charge in [0.1, 0.15) is 18.0 Å². The standard InChI is InChI=1S/C20H24ClNO2/c21-16-11-9-15(10-12-16)13-14-22-18-7-4-8-19(20(18)23)24-17-5-2-1-3-6-17/h1-3,5-6,9-12,18-20,22-23H,4,7-8,13-14H2/t18-,19+,20+/m0/s1. The maximum atomic E-state index is 10.6. The molecule has 3 nitrogen and oxygen atoms in total. The number of ether oxygens (including phenoxy) is 1. The molecule has 2 aromatic rings. The molecule has 0 amide bonds. The molecule has 3 atom stereocenters. The summed E-state index contributed by atoms with van der Waals surface area (Å²) in [7, 11) is 0. The summed E-state index contributed by atoms with van der Waals surface area (Å²) in [6.07, 6.45) is 3.23. The molecule has 0 aromatic heterocycles. The van der Waals surface area contributed by atoms with E-state index < -0.39 is 6.10 Å². The summed E-state index contributed by atoms with van der Waals surface area (Å²) in [6.45, 7) is 0.835. The molecule has 1 aliphatic carbocycles. The second kappa shape index (κ2) is 8.52. The van der Waals surface area contributed by atoms with Crippen LogP contribution in [0, 0.1) is 0 Å². The number of benzene rings is 2. The van der Waals surface area contributed by atoms with Crippen LogP contribution >= 0.6 is 11.6 Å². The highest BCUT2D eigenvalue weighted by Crippen LogP contribution is 2.24. The molecule has 1 aliphatic rings. The zero-order valence-electron chi connectivity index (χ0n) is 13.7. The number of halogens is 1. The van der Waals surface area contributed by atoms with Gasteiger partial charge >= 0.3 is 0 Å². The number of rotatable bonds is 6. The fraction of sp³-hybridized carbons (Fsp3) is 0.400. The Morgan fingerprint density at radius 1 is 1.04 bits per heavy atom. The van der Waals surface area contributed by atoms with Gasteiger partial charge in [-0.15, -0.1) is 0 Å². The first-order valence-electron chi connectivity index (χ1n) is 8.60. The zero-order chi connectivity index (χ0) is 16.8. The Kier molecular flexibility index (Phi) is 6.13. The molecule has 24 heavy (non-hydrogen) atoms. The number of aliphatic hydroxyl groups is 1. The third kappa shape index (κ3) is 4.73. The predicted molar refractivity (Wildman–Crippen MR) is 97.7 cm³/mol. The van der Waals surface area contributed by atoms with E-state index in [0.717, 1.165) is 43.0 Å². The molecule has 0 aliphatic heterocycles. The summed E-state index contributed by atoms with van der Waals surface area (Å²) in [5, 5.41) is 14.9. The van der Waals surface area contributed by atoms with Crippen molar-refractivity contribution in [2.45, 2.75) is 43.9 Å². The van der Waals surface area contributed by atoms with Crippen LogP contribution in [-0.2, 0) is 6.42 Å². The van der Waals surface area contributed by atoms with Crippen molar-refractivity contribution in [3.8, 4) is 5.75 Å². The lowest BCUT2D eigenvalue weighted by atomic mass is 9.89. The van der Waals surface area contributed by atoms with Crippen molar-refractivity contribution in [1.29, 1.82) is 0 Å². The van der Waals surface area contributed by atoms with Crippen LogP contribution in [0.5, 0.6) is 5.75 Å². The van der Waals surface area contributed by atoms with Crippen molar-refractivity contribution in [2.24, 2.45) is 0 Å². The van der Waals surface area contributed by atoms with Crippen LogP contribution in [0.25, 0.3) is 0 Å². The van der Waals surface area contributed by atoms with Gasteiger partial charge in [0, 0.05) is 11.1 Å². The van der Waals surface area contributed by atoms with E-state index in [-0.39, 0.29) is 12.1 Å². The Morgan fingerprint density at radius 3 is 2.54 bits per heavy atom. The van der Waals surface area contributed by atoms with Crippen LogP contribution in [0.3, 0.4) is 0 Å². The normalized spacial score (nSPS) is 23.8. The van der Waals surface area contributed by atoms with Gasteiger partial charge in [0.05, 0.1) is 0 Å². The quantitative estimate of drug-likeness (QED) is 0.836. The third-order valence-corrected chi connectivity index (χ3v) is 4.81.